The first-order valence-corrected chi connectivity index (χ1v) is 5.79. The molecule has 1 atom stereocenters. The van der Waals surface area contributed by atoms with Crippen molar-refractivity contribution < 1.29 is 9.46 Å². The smallest absolute Gasteiger partial charge is 0.251 e. The molecule has 0 heterocycles. The molecule has 1 unspecified atom stereocenters. The summed E-state index contributed by atoms with van der Waals surface area (Å²) >= 11 is 0. The normalized spacial score (nSPS) is 12.9. The van der Waals surface area contributed by atoms with E-state index in [2.05, 4.69) is 23.6 Å². The first-order valence-electron chi connectivity index (χ1n) is 3.59. The molecule has 0 aliphatic heterocycles. The lowest BCUT2D eigenvalue weighted by molar-refractivity contribution is -0.182. The van der Waals surface area contributed by atoms with Gasteiger partial charge in [-0.05, 0) is 11.7 Å². The summed E-state index contributed by atoms with van der Waals surface area (Å²) < 4.78 is 5.07. The van der Waals surface area contributed by atoms with Crippen LogP contribution in [0.2, 0.25) is 6.55 Å². The molecule has 0 amide bonds. The molecular weight excluding hydrogens is 156 g/mol. The van der Waals surface area contributed by atoms with Crippen molar-refractivity contribution in [3.63, 3.8) is 0 Å². The van der Waals surface area contributed by atoms with Crippen molar-refractivity contribution in [2.45, 2.75) is 6.55 Å². The summed E-state index contributed by atoms with van der Waals surface area (Å²) in [5, 5.41) is 1.26. The number of hydrogen-bond acceptors (Lipinski definition) is 2. The molecule has 0 aliphatic carbocycles. The third-order valence-electron chi connectivity index (χ3n) is 1.51. The van der Waals surface area contributed by atoms with Crippen LogP contribution in [0.15, 0.2) is 30.3 Å². The van der Waals surface area contributed by atoms with Crippen LogP contribution in [0.5, 0.6) is 0 Å². The Morgan fingerprint density at radius 1 is 1.18 bits per heavy atom. The van der Waals surface area contributed by atoms with E-state index in [1.165, 1.54) is 5.19 Å². The van der Waals surface area contributed by atoms with Crippen LogP contribution in [-0.4, -0.2) is 16.2 Å². The minimum absolute atomic E-state index is 1.26. The van der Waals surface area contributed by atoms with Crippen LogP contribution in [-0.2, 0) is 9.46 Å². The third kappa shape index (κ3) is 2.46. The fourth-order valence-corrected chi connectivity index (χ4v) is 2.09. The van der Waals surface area contributed by atoms with Crippen molar-refractivity contribution in [3.05, 3.63) is 30.3 Å². The molecule has 0 saturated carbocycles. The summed E-state index contributed by atoms with van der Waals surface area (Å²) in [6, 6.07) is 10.2. The van der Waals surface area contributed by atoms with Crippen LogP contribution >= 0.6 is 0 Å². The Bertz CT molecular complexity index is 201. The quantitative estimate of drug-likeness (QED) is 0.378. The average molecular weight is 168 g/mol. The molecule has 2 nitrogen and oxygen atoms in total. The van der Waals surface area contributed by atoms with E-state index in [1.807, 2.05) is 18.2 Å². The Morgan fingerprint density at radius 3 is 2.36 bits per heavy atom. The molecule has 0 spiro atoms. The Hall–Kier alpha value is -0.643. The Kier molecular flexibility index (Phi) is 3.29. The minimum atomic E-state index is -1.28. The highest BCUT2D eigenvalue weighted by atomic mass is 28.3. The van der Waals surface area contributed by atoms with Gasteiger partial charge in [0.2, 0.25) is 0 Å². The first-order chi connectivity index (χ1) is 5.34. The largest absolute Gasteiger partial charge is 0.285 e. The van der Waals surface area contributed by atoms with Gasteiger partial charge in [0.1, 0.15) is 0 Å². The van der Waals surface area contributed by atoms with Gasteiger partial charge in [0.05, 0.1) is 7.11 Å². The Labute approximate surface area is 68.4 Å². The van der Waals surface area contributed by atoms with E-state index in [0.717, 1.165) is 0 Å². The van der Waals surface area contributed by atoms with Gasteiger partial charge >= 0.3 is 0 Å². The van der Waals surface area contributed by atoms with Gasteiger partial charge in [-0.2, -0.15) is 0 Å². The topological polar surface area (TPSA) is 18.5 Å². The van der Waals surface area contributed by atoms with Gasteiger partial charge < -0.3 is 0 Å². The number of rotatable bonds is 3. The zero-order valence-electron chi connectivity index (χ0n) is 6.78. The second kappa shape index (κ2) is 4.28. The van der Waals surface area contributed by atoms with Crippen LogP contribution in [0.25, 0.3) is 0 Å². The molecule has 1 rings (SSSR count). The summed E-state index contributed by atoms with van der Waals surface area (Å²) in [6.45, 7) is 2.08. The summed E-state index contributed by atoms with van der Waals surface area (Å²) in [7, 11) is 0.265. The van der Waals surface area contributed by atoms with Crippen molar-refractivity contribution >= 4 is 14.2 Å². The van der Waals surface area contributed by atoms with Crippen LogP contribution in [0.4, 0.5) is 0 Å². The molecule has 3 heteroatoms. The molecule has 60 valence electrons. The molecule has 0 N–H and O–H groups in total. The monoisotopic (exact) mass is 168 g/mol. The van der Waals surface area contributed by atoms with Gasteiger partial charge in [-0.3, -0.25) is 9.46 Å². The van der Waals surface area contributed by atoms with Crippen molar-refractivity contribution in [1.29, 1.82) is 0 Å². The van der Waals surface area contributed by atoms with Gasteiger partial charge in [-0.15, -0.1) is 0 Å². The van der Waals surface area contributed by atoms with E-state index in [-0.39, 0.29) is 0 Å². The maximum atomic E-state index is 5.07. The molecule has 0 aliphatic rings. The van der Waals surface area contributed by atoms with Crippen LogP contribution in [0.1, 0.15) is 0 Å². The van der Waals surface area contributed by atoms with E-state index in [0.29, 0.717) is 0 Å². The zero-order chi connectivity index (χ0) is 8.10. The lowest BCUT2D eigenvalue weighted by Gasteiger charge is -2.07. The Morgan fingerprint density at radius 2 is 1.82 bits per heavy atom. The lowest BCUT2D eigenvalue weighted by Crippen LogP contribution is -2.29. The third-order valence-corrected chi connectivity index (χ3v) is 3.31. The summed E-state index contributed by atoms with van der Waals surface area (Å²) in [5.74, 6) is 0. The van der Waals surface area contributed by atoms with Gasteiger partial charge in [0.25, 0.3) is 9.04 Å². The van der Waals surface area contributed by atoms with Gasteiger partial charge in [0.15, 0.2) is 0 Å². The molecule has 0 bridgehead atoms. The molecule has 11 heavy (non-hydrogen) atoms. The molecule has 0 radical (unpaired) electrons. The standard InChI is InChI=1S/C8H12O2Si/c1-9-10-11(2)8-6-4-3-5-7-8/h3-7,11H,1-2H3. The number of hydrogen-bond donors (Lipinski definition) is 0. The predicted octanol–water partition coefficient (Wildman–Crippen LogP) is 0.825. The highest BCUT2D eigenvalue weighted by Crippen LogP contribution is 1.89. The van der Waals surface area contributed by atoms with Gasteiger partial charge in [-0.1, -0.05) is 30.3 Å². The lowest BCUT2D eigenvalue weighted by atomic mass is 10.4. The molecule has 0 saturated heterocycles. The van der Waals surface area contributed by atoms with Crippen molar-refractivity contribution in [1.82, 2.24) is 0 Å². The SMILES string of the molecule is COO[SiH](C)c1ccccc1. The average Bonchev–Trinajstić information content (AvgIpc) is 2.07. The summed E-state index contributed by atoms with van der Waals surface area (Å²) in [5.41, 5.74) is 0. The number of benzene rings is 1. The minimum Gasteiger partial charge on any atom is -0.285 e. The molecule has 1 aromatic rings. The predicted molar refractivity (Wildman–Crippen MR) is 47.2 cm³/mol. The van der Waals surface area contributed by atoms with Gasteiger partial charge in [0, 0.05) is 0 Å². The van der Waals surface area contributed by atoms with Crippen molar-refractivity contribution in [2.75, 3.05) is 7.11 Å². The fourth-order valence-electron chi connectivity index (χ4n) is 0.924. The molecule has 1 aromatic carbocycles. The van der Waals surface area contributed by atoms with Crippen LogP contribution in [0, 0.1) is 0 Å². The molecular formula is C8H12O2Si. The molecule has 0 fully saturated rings. The summed E-state index contributed by atoms with van der Waals surface area (Å²) in [6.07, 6.45) is 0. The second-order valence-corrected chi connectivity index (χ2v) is 4.46. The Balaban J connectivity index is 2.61. The summed E-state index contributed by atoms with van der Waals surface area (Å²) in [4.78, 5) is 4.62. The fraction of sp³-hybridized carbons (Fsp3) is 0.250. The van der Waals surface area contributed by atoms with Crippen molar-refractivity contribution in [3.8, 4) is 0 Å². The molecule has 0 aromatic heterocycles. The highest BCUT2D eigenvalue weighted by molar-refractivity contribution is 6.65. The van der Waals surface area contributed by atoms with Crippen LogP contribution in [0.3, 0.4) is 0 Å². The second-order valence-electron chi connectivity index (χ2n) is 2.32. The maximum absolute atomic E-state index is 5.07. The highest BCUT2D eigenvalue weighted by Gasteiger charge is 2.06. The van der Waals surface area contributed by atoms with Crippen LogP contribution < -0.4 is 5.19 Å². The van der Waals surface area contributed by atoms with E-state index < -0.39 is 9.04 Å². The van der Waals surface area contributed by atoms with Crippen molar-refractivity contribution in [2.24, 2.45) is 0 Å². The van der Waals surface area contributed by atoms with E-state index in [9.17, 15) is 0 Å². The first kappa shape index (κ1) is 8.45. The zero-order valence-corrected chi connectivity index (χ0v) is 7.94. The van der Waals surface area contributed by atoms with Gasteiger partial charge in [-0.25, -0.2) is 0 Å². The van der Waals surface area contributed by atoms with E-state index >= 15 is 0 Å². The van der Waals surface area contributed by atoms with E-state index in [1.54, 1.807) is 7.11 Å². The van der Waals surface area contributed by atoms with E-state index in [4.69, 9.17) is 4.58 Å². The maximum Gasteiger partial charge on any atom is 0.251 e.